The van der Waals surface area contributed by atoms with Crippen LogP contribution in [0.3, 0.4) is 0 Å². The molecule has 0 aromatic carbocycles. The molecule has 1 fully saturated rings. The molecule has 2 N–H and O–H groups in total. The predicted molar refractivity (Wildman–Crippen MR) is 67.8 cm³/mol. The molecule has 1 aromatic rings. The minimum absolute atomic E-state index is 0.0832. The number of aliphatic hydroxyl groups is 1. The van der Waals surface area contributed by atoms with Gasteiger partial charge in [-0.2, -0.15) is 5.10 Å². The second kappa shape index (κ2) is 5.65. The fourth-order valence-electron chi connectivity index (χ4n) is 2.41. The summed E-state index contributed by atoms with van der Waals surface area (Å²) < 4.78 is 1.97. The van der Waals surface area contributed by atoms with Gasteiger partial charge in [0.25, 0.3) is 0 Å². The zero-order valence-electron chi connectivity index (χ0n) is 10.8. The molecule has 4 nitrogen and oxygen atoms in total. The first-order valence-corrected chi connectivity index (χ1v) is 6.59. The quantitative estimate of drug-likeness (QED) is 0.834. The van der Waals surface area contributed by atoms with Crippen LogP contribution in [0.4, 0.5) is 0 Å². The molecule has 1 saturated heterocycles. The maximum atomic E-state index is 9.37. The van der Waals surface area contributed by atoms with Gasteiger partial charge in [0.05, 0.1) is 18.0 Å². The zero-order valence-corrected chi connectivity index (χ0v) is 10.8. The monoisotopic (exact) mass is 237 g/mol. The van der Waals surface area contributed by atoms with Gasteiger partial charge in [-0.15, -0.1) is 0 Å². The Hall–Kier alpha value is -0.870. The van der Waals surface area contributed by atoms with Crippen molar-refractivity contribution in [2.75, 3.05) is 13.1 Å². The molecule has 4 heteroatoms. The van der Waals surface area contributed by atoms with Gasteiger partial charge in [0.2, 0.25) is 0 Å². The Morgan fingerprint density at radius 1 is 1.59 bits per heavy atom. The van der Waals surface area contributed by atoms with E-state index in [9.17, 15) is 5.11 Å². The molecule has 2 heterocycles. The fourth-order valence-corrected chi connectivity index (χ4v) is 2.41. The van der Waals surface area contributed by atoms with E-state index in [0.717, 1.165) is 31.0 Å². The second-order valence-electron chi connectivity index (χ2n) is 5.34. The topological polar surface area (TPSA) is 50.1 Å². The number of aromatic nitrogens is 2. The average Bonchev–Trinajstić information content (AvgIpc) is 2.72. The van der Waals surface area contributed by atoms with E-state index in [0.29, 0.717) is 11.8 Å². The number of piperidine rings is 1. The third-order valence-electron chi connectivity index (χ3n) is 3.30. The summed E-state index contributed by atoms with van der Waals surface area (Å²) in [5.74, 6) is 1.07. The number of aliphatic hydroxyl groups excluding tert-OH is 1. The van der Waals surface area contributed by atoms with Crippen LogP contribution in [0, 0.1) is 5.92 Å². The number of hydrogen-bond acceptors (Lipinski definition) is 3. The molecule has 1 aromatic heterocycles. The molecule has 0 unspecified atom stereocenters. The summed E-state index contributed by atoms with van der Waals surface area (Å²) in [6, 6.07) is 2.07. The zero-order chi connectivity index (χ0) is 12.3. The largest absolute Gasteiger partial charge is 0.390 e. The van der Waals surface area contributed by atoms with Crippen molar-refractivity contribution in [3.05, 3.63) is 17.5 Å². The Bertz CT molecular complexity index is 354. The van der Waals surface area contributed by atoms with Crippen LogP contribution in [-0.2, 0) is 13.2 Å². The lowest BCUT2D eigenvalue weighted by Gasteiger charge is -2.20. The van der Waals surface area contributed by atoms with E-state index in [2.05, 4.69) is 30.3 Å². The first kappa shape index (κ1) is 12.6. The van der Waals surface area contributed by atoms with Crippen molar-refractivity contribution in [3.63, 3.8) is 0 Å². The standard InChI is InChI=1S/C13H23N3O/c1-10(2)8-16-12(9-17)6-13(15-16)11-4-3-5-14-7-11/h6,10-11,14,17H,3-5,7-9H2,1-2H3/t11-/m1/s1. The van der Waals surface area contributed by atoms with E-state index in [4.69, 9.17) is 0 Å². The highest BCUT2D eigenvalue weighted by Crippen LogP contribution is 2.23. The molecule has 96 valence electrons. The van der Waals surface area contributed by atoms with Crippen LogP contribution in [0.25, 0.3) is 0 Å². The first-order valence-electron chi connectivity index (χ1n) is 6.59. The van der Waals surface area contributed by atoms with Crippen LogP contribution < -0.4 is 5.32 Å². The Morgan fingerprint density at radius 3 is 3.00 bits per heavy atom. The molecule has 0 amide bonds. The highest BCUT2D eigenvalue weighted by Gasteiger charge is 2.19. The second-order valence-corrected chi connectivity index (χ2v) is 5.34. The Balaban J connectivity index is 2.14. The maximum Gasteiger partial charge on any atom is 0.0849 e. The molecule has 1 aliphatic heterocycles. The third-order valence-corrected chi connectivity index (χ3v) is 3.30. The van der Waals surface area contributed by atoms with Crippen molar-refractivity contribution >= 4 is 0 Å². The molecule has 1 aliphatic rings. The van der Waals surface area contributed by atoms with Crippen LogP contribution in [-0.4, -0.2) is 28.0 Å². The van der Waals surface area contributed by atoms with Gasteiger partial charge in [-0.3, -0.25) is 4.68 Å². The highest BCUT2D eigenvalue weighted by atomic mass is 16.3. The van der Waals surface area contributed by atoms with Crippen molar-refractivity contribution in [1.82, 2.24) is 15.1 Å². The minimum atomic E-state index is 0.0832. The summed E-state index contributed by atoms with van der Waals surface area (Å²) in [4.78, 5) is 0. The lowest BCUT2D eigenvalue weighted by Crippen LogP contribution is -2.28. The Morgan fingerprint density at radius 2 is 2.41 bits per heavy atom. The van der Waals surface area contributed by atoms with Crippen LogP contribution in [0.2, 0.25) is 0 Å². The average molecular weight is 237 g/mol. The van der Waals surface area contributed by atoms with Gasteiger partial charge in [-0.05, 0) is 31.4 Å². The van der Waals surface area contributed by atoms with E-state index in [1.165, 1.54) is 12.8 Å². The SMILES string of the molecule is CC(C)Cn1nc([C@@H]2CCCNC2)cc1CO. The molecule has 0 saturated carbocycles. The molecule has 17 heavy (non-hydrogen) atoms. The normalized spacial score (nSPS) is 21.1. The maximum absolute atomic E-state index is 9.37. The molecule has 0 radical (unpaired) electrons. The van der Waals surface area contributed by atoms with Crippen molar-refractivity contribution in [1.29, 1.82) is 0 Å². The van der Waals surface area contributed by atoms with Crippen molar-refractivity contribution in [3.8, 4) is 0 Å². The summed E-state index contributed by atoms with van der Waals surface area (Å²) in [5.41, 5.74) is 2.08. The van der Waals surface area contributed by atoms with E-state index in [-0.39, 0.29) is 6.61 Å². The van der Waals surface area contributed by atoms with Gasteiger partial charge in [-0.25, -0.2) is 0 Å². The Kier molecular flexibility index (Phi) is 4.18. The lowest BCUT2D eigenvalue weighted by atomic mass is 9.96. The van der Waals surface area contributed by atoms with Crippen LogP contribution in [0.5, 0.6) is 0 Å². The van der Waals surface area contributed by atoms with Crippen molar-refractivity contribution in [2.45, 2.75) is 45.8 Å². The molecule has 0 spiro atoms. The lowest BCUT2D eigenvalue weighted by molar-refractivity contribution is 0.264. The van der Waals surface area contributed by atoms with E-state index in [1.807, 2.05) is 4.68 Å². The van der Waals surface area contributed by atoms with Gasteiger partial charge < -0.3 is 10.4 Å². The third kappa shape index (κ3) is 3.07. The number of rotatable bonds is 4. The van der Waals surface area contributed by atoms with E-state index < -0.39 is 0 Å². The van der Waals surface area contributed by atoms with Gasteiger partial charge in [0, 0.05) is 19.0 Å². The number of hydrogen-bond donors (Lipinski definition) is 2. The molecule has 0 aliphatic carbocycles. The fraction of sp³-hybridized carbons (Fsp3) is 0.769. The van der Waals surface area contributed by atoms with Crippen LogP contribution >= 0.6 is 0 Å². The summed E-state index contributed by atoms with van der Waals surface area (Å²) in [5, 5.41) is 17.4. The van der Waals surface area contributed by atoms with Gasteiger partial charge in [-0.1, -0.05) is 13.8 Å². The molecular weight excluding hydrogens is 214 g/mol. The molecule has 0 bridgehead atoms. The van der Waals surface area contributed by atoms with E-state index in [1.54, 1.807) is 0 Å². The number of nitrogens with zero attached hydrogens (tertiary/aromatic N) is 2. The van der Waals surface area contributed by atoms with Crippen LogP contribution in [0.1, 0.15) is 44.0 Å². The van der Waals surface area contributed by atoms with Gasteiger partial charge >= 0.3 is 0 Å². The highest BCUT2D eigenvalue weighted by molar-refractivity contribution is 5.15. The first-order chi connectivity index (χ1) is 8.20. The summed E-state index contributed by atoms with van der Waals surface area (Å²) in [6.45, 7) is 7.45. The smallest absolute Gasteiger partial charge is 0.0849 e. The van der Waals surface area contributed by atoms with Crippen molar-refractivity contribution < 1.29 is 5.11 Å². The van der Waals surface area contributed by atoms with Gasteiger partial charge in [0.1, 0.15) is 0 Å². The summed E-state index contributed by atoms with van der Waals surface area (Å²) >= 11 is 0. The summed E-state index contributed by atoms with van der Waals surface area (Å²) in [7, 11) is 0. The molecule has 1 atom stereocenters. The molecular formula is C13H23N3O. The predicted octanol–water partition coefficient (Wildman–Crippen LogP) is 1.50. The summed E-state index contributed by atoms with van der Waals surface area (Å²) in [6.07, 6.45) is 2.42. The Labute approximate surface area is 103 Å². The van der Waals surface area contributed by atoms with Crippen molar-refractivity contribution in [2.24, 2.45) is 5.92 Å². The minimum Gasteiger partial charge on any atom is -0.390 e. The molecule has 2 rings (SSSR count). The van der Waals surface area contributed by atoms with Gasteiger partial charge in [0.15, 0.2) is 0 Å². The van der Waals surface area contributed by atoms with Crippen LogP contribution in [0.15, 0.2) is 6.07 Å². The van der Waals surface area contributed by atoms with E-state index >= 15 is 0 Å². The number of nitrogens with one attached hydrogen (secondary N) is 1.